The zero-order valence-corrected chi connectivity index (χ0v) is 19.1. The molecule has 0 aliphatic carbocycles. The summed E-state index contributed by atoms with van der Waals surface area (Å²) in [5.74, 6) is 0.385. The number of H-pyrrole nitrogens is 1. The molecule has 0 spiro atoms. The maximum atomic E-state index is 12.5. The summed E-state index contributed by atoms with van der Waals surface area (Å²) < 4.78 is 5.84. The van der Waals surface area contributed by atoms with E-state index in [2.05, 4.69) is 10.3 Å². The lowest BCUT2D eigenvalue weighted by Gasteiger charge is -2.26. The molecule has 0 radical (unpaired) electrons. The second-order valence-electron chi connectivity index (χ2n) is 9.42. The summed E-state index contributed by atoms with van der Waals surface area (Å²) in [6.07, 6.45) is 5.02. The number of unbranched alkanes of at least 4 members (excludes halogenated alkanes) is 5. The highest BCUT2D eigenvalue weighted by atomic mass is 16.5. The van der Waals surface area contributed by atoms with Crippen molar-refractivity contribution >= 4 is 16.8 Å². The van der Waals surface area contributed by atoms with E-state index < -0.39 is 12.3 Å². The van der Waals surface area contributed by atoms with Crippen LogP contribution >= 0.6 is 0 Å². The number of ether oxygens (including phenoxy) is 1. The molecule has 1 aromatic heterocycles. The summed E-state index contributed by atoms with van der Waals surface area (Å²) in [5, 5.41) is 22.8. The Labute approximate surface area is 185 Å². The van der Waals surface area contributed by atoms with Crippen molar-refractivity contribution in [2.45, 2.75) is 78.0 Å². The third kappa shape index (κ3) is 8.51. The lowest BCUT2D eigenvalue weighted by atomic mass is 9.89. The molecule has 1 unspecified atom stereocenters. The molecule has 0 bridgehead atoms. The minimum Gasteiger partial charge on any atom is -0.472 e. The van der Waals surface area contributed by atoms with Crippen LogP contribution in [-0.2, 0) is 0 Å². The summed E-state index contributed by atoms with van der Waals surface area (Å²) in [7, 11) is 0. The maximum Gasteiger partial charge on any atom is 0.267 e. The predicted octanol–water partition coefficient (Wildman–Crippen LogP) is 3.69. The maximum absolute atomic E-state index is 12.5. The average molecular weight is 434 g/mol. The van der Waals surface area contributed by atoms with E-state index in [1.165, 1.54) is 0 Å². The molecule has 2 rings (SSSR count). The summed E-state index contributed by atoms with van der Waals surface area (Å²) >= 11 is 0. The number of aromatic amines is 1. The zero-order chi connectivity index (χ0) is 22.9. The fourth-order valence-corrected chi connectivity index (χ4v) is 3.56. The van der Waals surface area contributed by atoms with Crippen molar-refractivity contribution in [2.24, 2.45) is 11.1 Å². The van der Waals surface area contributed by atoms with Gasteiger partial charge >= 0.3 is 0 Å². The van der Waals surface area contributed by atoms with E-state index in [9.17, 15) is 9.90 Å². The number of hydrogen-bond acceptors (Lipinski definition) is 5. The number of carbonyl (C=O) groups is 1. The van der Waals surface area contributed by atoms with Crippen LogP contribution in [0, 0.1) is 5.41 Å². The van der Waals surface area contributed by atoms with Gasteiger partial charge in [0, 0.05) is 24.1 Å². The number of aromatic nitrogens is 1. The van der Waals surface area contributed by atoms with Crippen LogP contribution in [-0.4, -0.2) is 46.6 Å². The van der Waals surface area contributed by atoms with Crippen LogP contribution in [0.15, 0.2) is 24.3 Å². The number of aliphatic hydroxyl groups excluding tert-OH is 2. The van der Waals surface area contributed by atoms with Gasteiger partial charge in [0.05, 0.1) is 0 Å². The number of aliphatic hydroxyl groups is 2. The summed E-state index contributed by atoms with van der Waals surface area (Å²) in [6.45, 7) is 7.01. The van der Waals surface area contributed by atoms with Gasteiger partial charge in [-0.05, 0) is 42.9 Å². The molecule has 1 heterocycles. The van der Waals surface area contributed by atoms with Gasteiger partial charge in [0.15, 0.2) is 6.23 Å². The topological polar surface area (TPSA) is 121 Å². The van der Waals surface area contributed by atoms with E-state index >= 15 is 0 Å². The number of hydrogen-bond donors (Lipinski definition) is 5. The first-order valence-corrected chi connectivity index (χ1v) is 11.3. The first-order valence-electron chi connectivity index (χ1n) is 11.3. The van der Waals surface area contributed by atoms with Crippen molar-refractivity contribution in [3.05, 3.63) is 30.0 Å². The molecule has 31 heavy (non-hydrogen) atoms. The van der Waals surface area contributed by atoms with Crippen LogP contribution in [0.3, 0.4) is 0 Å². The highest BCUT2D eigenvalue weighted by Gasteiger charge is 2.24. The van der Waals surface area contributed by atoms with E-state index in [0.29, 0.717) is 24.4 Å². The number of nitrogens with two attached hydrogens (primary N) is 1. The molecule has 0 fully saturated rings. The summed E-state index contributed by atoms with van der Waals surface area (Å²) in [5.41, 5.74) is 7.26. The number of nitrogens with one attached hydrogen (secondary N) is 2. The van der Waals surface area contributed by atoms with E-state index in [1.807, 2.05) is 32.9 Å². The fraction of sp³-hybridized carbons (Fsp3) is 0.625. The highest BCUT2D eigenvalue weighted by molar-refractivity contribution is 5.99. The Bertz CT molecular complexity index is 813. The number of amides is 1. The molecule has 0 saturated carbocycles. The molecule has 2 aromatic rings. The monoisotopic (exact) mass is 433 g/mol. The molecule has 7 nitrogen and oxygen atoms in total. The Kier molecular flexibility index (Phi) is 9.81. The van der Waals surface area contributed by atoms with Crippen molar-refractivity contribution < 1.29 is 19.7 Å². The van der Waals surface area contributed by atoms with Gasteiger partial charge in [0.25, 0.3) is 5.91 Å². The smallest absolute Gasteiger partial charge is 0.267 e. The Hall–Kier alpha value is -2.09. The van der Waals surface area contributed by atoms with Crippen molar-refractivity contribution in [1.82, 2.24) is 10.3 Å². The van der Waals surface area contributed by atoms with Crippen LogP contribution in [0.25, 0.3) is 10.9 Å². The van der Waals surface area contributed by atoms with E-state index in [-0.39, 0.29) is 17.9 Å². The van der Waals surface area contributed by atoms with E-state index in [1.54, 1.807) is 12.1 Å². The standard InChI is InChI=1S/C24H39N3O4/c1-24(2,3)16-20(29)22(25)31-21-12-10-11-18-17(21)15-19(27-18)23(30)26-13-8-6-4-5-7-9-14-28/h10-12,15,20,22,27-29H,4-9,13-14,16,25H2,1-3H3,(H,26,30)/t20-,22?/m0/s1. The lowest BCUT2D eigenvalue weighted by Crippen LogP contribution is -2.41. The molecule has 0 saturated heterocycles. The molecular formula is C24H39N3O4. The van der Waals surface area contributed by atoms with Crippen LogP contribution in [0.4, 0.5) is 0 Å². The SMILES string of the molecule is CC(C)(C)C[C@H](O)C(N)Oc1cccc2[nH]c(C(=O)NCCCCCCCCO)cc12. The van der Waals surface area contributed by atoms with Gasteiger partial charge in [-0.3, -0.25) is 10.5 Å². The Morgan fingerprint density at radius 2 is 1.84 bits per heavy atom. The quantitative estimate of drug-likeness (QED) is 0.244. The predicted molar refractivity (Wildman–Crippen MR) is 124 cm³/mol. The Balaban J connectivity index is 1.90. The molecule has 0 aliphatic heterocycles. The van der Waals surface area contributed by atoms with Gasteiger partial charge in [0.1, 0.15) is 17.5 Å². The van der Waals surface area contributed by atoms with Crippen LogP contribution in [0.5, 0.6) is 5.75 Å². The number of fused-ring (bicyclic) bond motifs is 1. The molecule has 174 valence electrons. The van der Waals surface area contributed by atoms with Crippen LogP contribution in [0.1, 0.15) is 76.2 Å². The number of benzene rings is 1. The van der Waals surface area contributed by atoms with Crippen molar-refractivity contribution in [3.63, 3.8) is 0 Å². The Morgan fingerprint density at radius 3 is 2.52 bits per heavy atom. The van der Waals surface area contributed by atoms with Crippen LogP contribution in [0.2, 0.25) is 0 Å². The third-order valence-corrected chi connectivity index (χ3v) is 5.20. The van der Waals surface area contributed by atoms with Crippen molar-refractivity contribution in [2.75, 3.05) is 13.2 Å². The Morgan fingerprint density at radius 1 is 1.16 bits per heavy atom. The van der Waals surface area contributed by atoms with E-state index in [0.717, 1.165) is 49.4 Å². The highest BCUT2D eigenvalue weighted by Crippen LogP contribution is 2.28. The number of carbonyl (C=O) groups excluding carboxylic acids is 1. The molecule has 6 N–H and O–H groups in total. The summed E-state index contributed by atoms with van der Waals surface area (Å²) in [4.78, 5) is 15.6. The van der Waals surface area contributed by atoms with Crippen LogP contribution < -0.4 is 15.8 Å². The van der Waals surface area contributed by atoms with Gasteiger partial charge in [-0.1, -0.05) is 52.5 Å². The van der Waals surface area contributed by atoms with Gasteiger partial charge in [-0.2, -0.15) is 0 Å². The molecule has 1 aromatic carbocycles. The normalized spacial score (nSPS) is 13.9. The van der Waals surface area contributed by atoms with Crippen molar-refractivity contribution in [3.8, 4) is 5.75 Å². The molecule has 1 amide bonds. The molecule has 0 aliphatic rings. The second-order valence-corrected chi connectivity index (χ2v) is 9.42. The first kappa shape index (κ1) is 25.2. The minimum absolute atomic E-state index is 0.0643. The summed E-state index contributed by atoms with van der Waals surface area (Å²) in [6, 6.07) is 7.26. The largest absolute Gasteiger partial charge is 0.472 e. The molecule has 7 heteroatoms. The average Bonchev–Trinajstić information content (AvgIpc) is 3.14. The van der Waals surface area contributed by atoms with Gasteiger partial charge in [-0.15, -0.1) is 0 Å². The van der Waals surface area contributed by atoms with E-state index in [4.69, 9.17) is 15.6 Å². The van der Waals surface area contributed by atoms with Gasteiger partial charge in [-0.25, -0.2) is 0 Å². The van der Waals surface area contributed by atoms with Gasteiger partial charge < -0.3 is 25.3 Å². The molecular weight excluding hydrogens is 394 g/mol. The number of rotatable bonds is 13. The minimum atomic E-state index is -0.852. The van der Waals surface area contributed by atoms with Crippen molar-refractivity contribution in [1.29, 1.82) is 0 Å². The third-order valence-electron chi connectivity index (χ3n) is 5.20. The first-order chi connectivity index (χ1) is 14.7. The fourth-order valence-electron chi connectivity index (χ4n) is 3.56. The second kappa shape index (κ2) is 12.1. The van der Waals surface area contributed by atoms with Gasteiger partial charge in [0.2, 0.25) is 0 Å². The molecule has 2 atom stereocenters. The lowest BCUT2D eigenvalue weighted by molar-refractivity contribution is 0.0149. The zero-order valence-electron chi connectivity index (χ0n) is 19.1.